The van der Waals surface area contributed by atoms with E-state index in [2.05, 4.69) is 58.9 Å². The van der Waals surface area contributed by atoms with Gasteiger partial charge in [0.2, 0.25) is 0 Å². The van der Waals surface area contributed by atoms with Crippen molar-refractivity contribution in [2.24, 2.45) is 0 Å². The lowest BCUT2D eigenvalue weighted by atomic mass is 10.0. The smallest absolute Gasteiger partial charge is 0.178 e. The van der Waals surface area contributed by atoms with Gasteiger partial charge in [0.1, 0.15) is 0 Å². The first-order chi connectivity index (χ1) is 11.0. The summed E-state index contributed by atoms with van der Waals surface area (Å²) in [5.74, 6) is 0. The maximum Gasteiger partial charge on any atom is 0.178 e. The summed E-state index contributed by atoms with van der Waals surface area (Å²) in [6.07, 6.45) is 17.2. The maximum atomic E-state index is 10.4. The van der Waals surface area contributed by atoms with Gasteiger partial charge in [0, 0.05) is 0 Å². The zero-order valence-electron chi connectivity index (χ0n) is 15.6. The summed E-state index contributed by atoms with van der Waals surface area (Å²) in [5.41, 5.74) is 5.83. The minimum Gasteiger partial charge on any atom is -0.270 e. The van der Waals surface area contributed by atoms with Crippen molar-refractivity contribution in [3.8, 4) is 0 Å². The third-order valence-electron chi connectivity index (χ3n) is 3.76. The van der Waals surface area contributed by atoms with Crippen molar-refractivity contribution < 1.29 is 4.57 Å². The zero-order valence-corrected chi connectivity index (χ0v) is 17.5. The summed E-state index contributed by atoms with van der Waals surface area (Å²) in [6, 6.07) is 0. The Hall–Kier alpha value is -0.510. The molecule has 0 N–H and O–H groups in total. The second kappa shape index (κ2) is 15.0. The third-order valence-corrected chi connectivity index (χ3v) is 5.21. The predicted octanol–water partition coefficient (Wildman–Crippen LogP) is 8.02. The van der Waals surface area contributed by atoms with Gasteiger partial charge in [-0.05, 0) is 87.6 Å². The van der Waals surface area contributed by atoms with E-state index in [0.29, 0.717) is 8.27 Å². The molecular formula is C20H34OP2. The van der Waals surface area contributed by atoms with Crippen LogP contribution in [-0.4, -0.2) is 6.16 Å². The number of hydrogen-bond acceptors (Lipinski definition) is 1. The van der Waals surface area contributed by atoms with Gasteiger partial charge in [0.05, 0.1) is 0 Å². The Labute approximate surface area is 147 Å². The van der Waals surface area contributed by atoms with Crippen molar-refractivity contribution in [1.29, 1.82) is 0 Å². The molecule has 0 aliphatic rings. The van der Waals surface area contributed by atoms with E-state index in [4.69, 9.17) is 0 Å². The Morgan fingerprint density at radius 3 is 1.61 bits per heavy atom. The minimum absolute atomic E-state index is 0.283. The monoisotopic (exact) mass is 352 g/mol. The number of rotatable bonds is 12. The molecule has 0 aromatic carbocycles. The third kappa shape index (κ3) is 16.1. The average molecular weight is 352 g/mol. The van der Waals surface area contributed by atoms with Crippen molar-refractivity contribution in [2.75, 3.05) is 6.16 Å². The van der Waals surface area contributed by atoms with E-state index in [1.165, 1.54) is 35.1 Å². The van der Waals surface area contributed by atoms with E-state index in [1.807, 2.05) is 0 Å². The Morgan fingerprint density at radius 2 is 1.17 bits per heavy atom. The van der Waals surface area contributed by atoms with Gasteiger partial charge in [0.15, 0.2) is 8.15 Å². The summed E-state index contributed by atoms with van der Waals surface area (Å²) in [5, 5.41) is 0. The second-order valence-corrected chi connectivity index (χ2v) is 8.91. The highest BCUT2D eigenvalue weighted by molar-refractivity contribution is 8.05. The molecule has 0 saturated carbocycles. The lowest BCUT2D eigenvalue weighted by Gasteiger charge is -2.02. The normalized spacial score (nSPS) is 14.0. The molecule has 3 heteroatoms. The summed E-state index contributed by atoms with van der Waals surface area (Å²) >= 11 is 0. The van der Waals surface area contributed by atoms with E-state index < -0.39 is 0 Å². The molecule has 0 aliphatic carbocycles. The first kappa shape index (κ1) is 22.5. The lowest BCUT2D eigenvalue weighted by molar-refractivity contribution is 0.605. The van der Waals surface area contributed by atoms with Gasteiger partial charge in [-0.1, -0.05) is 46.6 Å². The molecule has 0 saturated heterocycles. The highest BCUT2D eigenvalue weighted by Gasteiger charge is 1.93. The Balaban J connectivity index is 3.95. The molecule has 1 nitrogen and oxygen atoms in total. The SMILES string of the molecule is CC(C)=CCC/C(C)=C\CC/C(C)=C/CC/C(C)=C\CPP=O. The topological polar surface area (TPSA) is 17.1 Å². The molecule has 0 aliphatic heterocycles. The second-order valence-electron chi connectivity index (χ2n) is 6.50. The Kier molecular flexibility index (Phi) is 14.7. The van der Waals surface area contributed by atoms with Gasteiger partial charge in [-0.2, -0.15) is 0 Å². The van der Waals surface area contributed by atoms with Crippen LogP contribution >= 0.6 is 16.4 Å². The quantitative estimate of drug-likeness (QED) is 0.197. The van der Waals surface area contributed by atoms with Crippen LogP contribution in [0.2, 0.25) is 0 Å². The largest absolute Gasteiger partial charge is 0.270 e. The Bertz CT molecular complexity index is 452. The highest BCUT2D eigenvalue weighted by Crippen LogP contribution is 2.26. The fourth-order valence-electron chi connectivity index (χ4n) is 2.24. The molecule has 0 fully saturated rings. The fourth-order valence-corrected chi connectivity index (χ4v) is 3.26. The van der Waals surface area contributed by atoms with Gasteiger partial charge >= 0.3 is 0 Å². The maximum absolute atomic E-state index is 10.4. The fraction of sp³-hybridized carbons (Fsp3) is 0.600. The molecule has 0 rings (SSSR count). The zero-order chi connectivity index (χ0) is 17.5. The van der Waals surface area contributed by atoms with Crippen LogP contribution in [0.3, 0.4) is 0 Å². The van der Waals surface area contributed by atoms with E-state index in [1.54, 1.807) is 0 Å². The van der Waals surface area contributed by atoms with Gasteiger partial charge in [-0.25, -0.2) is 0 Å². The van der Waals surface area contributed by atoms with E-state index >= 15 is 0 Å². The van der Waals surface area contributed by atoms with Crippen LogP contribution in [0.1, 0.15) is 73.1 Å². The van der Waals surface area contributed by atoms with Crippen LogP contribution in [-0.2, 0) is 4.57 Å². The molecular weight excluding hydrogens is 318 g/mol. The summed E-state index contributed by atoms with van der Waals surface area (Å²) in [6.45, 7) is 11.0. The summed E-state index contributed by atoms with van der Waals surface area (Å²) < 4.78 is 10.4. The van der Waals surface area contributed by atoms with Crippen molar-refractivity contribution >= 4 is 16.4 Å². The predicted molar refractivity (Wildman–Crippen MR) is 109 cm³/mol. The average Bonchev–Trinajstić information content (AvgIpc) is 2.47. The van der Waals surface area contributed by atoms with Crippen LogP contribution in [0.15, 0.2) is 46.6 Å². The molecule has 23 heavy (non-hydrogen) atoms. The van der Waals surface area contributed by atoms with E-state index in [0.717, 1.165) is 31.8 Å². The molecule has 0 bridgehead atoms. The highest BCUT2D eigenvalue weighted by atomic mass is 32.0. The molecule has 0 heterocycles. The van der Waals surface area contributed by atoms with Gasteiger partial charge < -0.3 is 0 Å². The molecule has 0 amide bonds. The van der Waals surface area contributed by atoms with Gasteiger partial charge in [0.25, 0.3) is 0 Å². The molecule has 1 unspecified atom stereocenters. The minimum atomic E-state index is 0.283. The van der Waals surface area contributed by atoms with Crippen molar-refractivity contribution in [2.45, 2.75) is 73.1 Å². The van der Waals surface area contributed by atoms with E-state index in [9.17, 15) is 4.57 Å². The van der Waals surface area contributed by atoms with Crippen molar-refractivity contribution in [3.63, 3.8) is 0 Å². The summed E-state index contributed by atoms with van der Waals surface area (Å²) in [4.78, 5) is 0. The van der Waals surface area contributed by atoms with Crippen molar-refractivity contribution in [3.05, 3.63) is 46.6 Å². The van der Waals surface area contributed by atoms with Crippen LogP contribution in [0.5, 0.6) is 0 Å². The number of hydrogen-bond donors (Lipinski definition) is 0. The number of allylic oxidation sites excluding steroid dienone is 8. The van der Waals surface area contributed by atoms with E-state index in [-0.39, 0.29) is 8.15 Å². The standard InChI is InChI=1S/C20H34OP2/c1-17(2)9-6-10-18(3)11-7-12-19(4)13-8-14-20(5)15-16-22-23-21/h9,11,13,15,22H,6-8,10,12,14,16H2,1-5H3/b18-11-,19-13+,20-15-. The molecule has 0 aromatic rings. The summed E-state index contributed by atoms with van der Waals surface area (Å²) in [7, 11) is 0.801. The van der Waals surface area contributed by atoms with Crippen LogP contribution in [0.4, 0.5) is 0 Å². The first-order valence-corrected chi connectivity index (χ1v) is 11.5. The first-order valence-electron chi connectivity index (χ1n) is 8.61. The molecule has 1 atom stereocenters. The molecule has 0 radical (unpaired) electrons. The molecule has 0 aromatic heterocycles. The Morgan fingerprint density at radius 1 is 0.739 bits per heavy atom. The lowest BCUT2D eigenvalue weighted by Crippen LogP contribution is -1.82. The van der Waals surface area contributed by atoms with Crippen molar-refractivity contribution in [1.82, 2.24) is 0 Å². The van der Waals surface area contributed by atoms with Gasteiger partial charge in [-0.15, -0.1) is 0 Å². The van der Waals surface area contributed by atoms with Crippen LogP contribution in [0.25, 0.3) is 0 Å². The molecule has 0 spiro atoms. The van der Waals surface area contributed by atoms with Crippen LogP contribution in [0, 0.1) is 0 Å². The van der Waals surface area contributed by atoms with Gasteiger partial charge in [-0.3, -0.25) is 4.57 Å². The molecule has 130 valence electrons. The van der Waals surface area contributed by atoms with Crippen LogP contribution < -0.4 is 0 Å².